The lowest BCUT2D eigenvalue weighted by Crippen LogP contribution is -2.51. The smallest absolute Gasteiger partial charge is 0.261 e. The van der Waals surface area contributed by atoms with Crippen LogP contribution >= 0.6 is 0 Å². The molecule has 0 aliphatic carbocycles. The highest BCUT2D eigenvalue weighted by molar-refractivity contribution is 7.92. The molecule has 0 radical (unpaired) electrons. The van der Waals surface area contributed by atoms with E-state index in [1.807, 2.05) is 60.7 Å². The fraction of sp³-hybridized carbons (Fsp3) is 0.212. The van der Waals surface area contributed by atoms with Crippen LogP contribution in [0.3, 0.4) is 0 Å². The van der Waals surface area contributed by atoms with Crippen molar-refractivity contribution in [3.05, 3.63) is 126 Å². The van der Waals surface area contributed by atoms with Crippen LogP contribution in [0.1, 0.15) is 17.5 Å². The number of rotatable bonds is 15. The lowest BCUT2D eigenvalue weighted by molar-refractivity contribution is -0.142. The number of hydrogen-bond donors (Lipinski definition) is 3. The van der Waals surface area contributed by atoms with Gasteiger partial charge in [-0.2, -0.15) is 0 Å². The Labute approximate surface area is 256 Å². The maximum atomic E-state index is 13.7. The maximum absolute atomic E-state index is 13.7. The Morgan fingerprint density at radius 1 is 0.841 bits per heavy atom. The predicted molar refractivity (Wildman–Crippen MR) is 165 cm³/mol. The van der Waals surface area contributed by atoms with Crippen molar-refractivity contribution in [3.63, 3.8) is 0 Å². The summed E-state index contributed by atoms with van der Waals surface area (Å²) in [5, 5.41) is 12.0. The number of aliphatic hydroxyl groups is 1. The third-order valence-corrected chi connectivity index (χ3v) is 8.09. The summed E-state index contributed by atoms with van der Waals surface area (Å²) in [5.74, 6) is -1.03. The van der Waals surface area contributed by atoms with Crippen LogP contribution < -0.4 is 14.8 Å². The maximum Gasteiger partial charge on any atom is 0.261 e. The largest absolute Gasteiger partial charge is 0.484 e. The Balaban J connectivity index is 1.50. The van der Waals surface area contributed by atoms with Crippen LogP contribution in [0.4, 0.5) is 10.1 Å². The summed E-state index contributed by atoms with van der Waals surface area (Å²) in [7, 11) is -3.95. The number of nitrogens with zero attached hydrogens (tertiary/aromatic N) is 1. The Morgan fingerprint density at radius 2 is 1.45 bits per heavy atom. The molecular formula is C33H34FN3O6S. The Morgan fingerprint density at radius 3 is 2.07 bits per heavy atom. The number of ether oxygens (including phenoxy) is 1. The third kappa shape index (κ3) is 9.38. The number of sulfonamides is 1. The molecule has 2 amide bonds. The van der Waals surface area contributed by atoms with Gasteiger partial charge in [-0.3, -0.25) is 14.3 Å². The van der Waals surface area contributed by atoms with Gasteiger partial charge < -0.3 is 20.1 Å². The minimum Gasteiger partial charge on any atom is -0.484 e. The van der Waals surface area contributed by atoms with Crippen LogP contribution in [-0.2, 0) is 32.6 Å². The number of carbonyl (C=O) groups excluding carboxylic acids is 2. The van der Waals surface area contributed by atoms with Crippen LogP contribution in [0.2, 0.25) is 0 Å². The number of carbonyl (C=O) groups is 2. The van der Waals surface area contributed by atoms with E-state index in [0.29, 0.717) is 6.42 Å². The number of anilines is 1. The zero-order valence-corrected chi connectivity index (χ0v) is 24.8. The number of halogens is 1. The molecule has 0 saturated carbocycles. The van der Waals surface area contributed by atoms with Crippen molar-refractivity contribution in [3.8, 4) is 5.75 Å². The molecule has 4 aromatic rings. The molecule has 4 aromatic carbocycles. The number of benzene rings is 4. The second-order valence-electron chi connectivity index (χ2n) is 9.95. The Kier molecular flexibility index (Phi) is 11.4. The van der Waals surface area contributed by atoms with Crippen molar-refractivity contribution < 1.29 is 32.2 Å². The second kappa shape index (κ2) is 15.6. The predicted octanol–water partition coefficient (Wildman–Crippen LogP) is 4.14. The van der Waals surface area contributed by atoms with Crippen LogP contribution in [0, 0.1) is 5.82 Å². The normalized spacial score (nSPS) is 11.8. The van der Waals surface area contributed by atoms with E-state index in [-0.39, 0.29) is 48.4 Å². The van der Waals surface area contributed by atoms with Gasteiger partial charge in [-0.05, 0) is 66.1 Å². The van der Waals surface area contributed by atoms with E-state index < -0.39 is 34.4 Å². The van der Waals surface area contributed by atoms with E-state index in [2.05, 4.69) is 10.0 Å². The van der Waals surface area contributed by atoms with E-state index in [1.54, 1.807) is 0 Å². The zero-order chi connectivity index (χ0) is 31.4. The average molecular weight is 620 g/mol. The van der Waals surface area contributed by atoms with Crippen LogP contribution in [0.5, 0.6) is 5.75 Å². The molecule has 0 aliphatic heterocycles. The summed E-state index contributed by atoms with van der Waals surface area (Å²) in [6.07, 6.45) is 0.642. The number of aliphatic hydroxyl groups excluding tert-OH is 1. The molecule has 0 saturated heterocycles. The van der Waals surface area contributed by atoms with E-state index in [9.17, 15) is 27.5 Å². The lowest BCUT2D eigenvalue weighted by atomic mass is 10.0. The van der Waals surface area contributed by atoms with Crippen LogP contribution in [0.25, 0.3) is 0 Å². The molecule has 4 rings (SSSR count). The number of amides is 2. The van der Waals surface area contributed by atoms with Gasteiger partial charge in [0.1, 0.15) is 17.6 Å². The van der Waals surface area contributed by atoms with Crippen LogP contribution in [0.15, 0.2) is 114 Å². The highest BCUT2D eigenvalue weighted by Gasteiger charge is 2.30. The first-order chi connectivity index (χ1) is 21.2. The van der Waals surface area contributed by atoms with Gasteiger partial charge in [-0.25, -0.2) is 12.8 Å². The summed E-state index contributed by atoms with van der Waals surface area (Å²) in [5.41, 5.74) is 1.90. The molecule has 0 aromatic heterocycles. The standard InChI is InChI=1S/C33H34FN3O6S/c34-27-12-14-28(15-13-27)36-44(41,42)30-18-16-29(17-19-30)43-24-32(39)37(23-26-10-5-2-6-11-26)31(33(40)35-20-7-21-38)22-25-8-3-1-4-9-25/h1-6,8-19,31,36,38H,7,20-24H2,(H,35,40)/t31-/m0/s1. The topological polar surface area (TPSA) is 125 Å². The molecule has 0 unspecified atom stereocenters. The minimum atomic E-state index is -3.95. The summed E-state index contributed by atoms with van der Waals surface area (Å²) >= 11 is 0. The minimum absolute atomic E-state index is 0.0475. The van der Waals surface area contributed by atoms with Gasteiger partial charge in [0.2, 0.25) is 5.91 Å². The molecule has 44 heavy (non-hydrogen) atoms. The van der Waals surface area contributed by atoms with Gasteiger partial charge >= 0.3 is 0 Å². The average Bonchev–Trinajstić information content (AvgIpc) is 3.04. The van der Waals surface area contributed by atoms with E-state index in [1.165, 1.54) is 41.3 Å². The molecule has 1 atom stereocenters. The monoisotopic (exact) mass is 619 g/mol. The molecule has 230 valence electrons. The summed E-state index contributed by atoms with van der Waals surface area (Å²) in [6.45, 7) is -0.0650. The molecule has 0 fully saturated rings. The molecule has 0 heterocycles. The molecule has 11 heteroatoms. The fourth-order valence-electron chi connectivity index (χ4n) is 4.42. The van der Waals surface area contributed by atoms with Crippen molar-refractivity contribution in [1.82, 2.24) is 10.2 Å². The first kappa shape index (κ1) is 32.2. The van der Waals surface area contributed by atoms with Gasteiger partial charge in [0.05, 0.1) is 4.90 Å². The highest BCUT2D eigenvalue weighted by atomic mass is 32.2. The van der Waals surface area contributed by atoms with E-state index >= 15 is 0 Å². The fourth-order valence-corrected chi connectivity index (χ4v) is 5.48. The van der Waals surface area contributed by atoms with Gasteiger partial charge in [0.25, 0.3) is 15.9 Å². The number of nitrogens with one attached hydrogen (secondary N) is 2. The van der Waals surface area contributed by atoms with Crippen molar-refractivity contribution in [2.24, 2.45) is 0 Å². The summed E-state index contributed by atoms with van der Waals surface area (Å²) < 4.78 is 46.8. The van der Waals surface area contributed by atoms with Crippen molar-refractivity contribution in [2.75, 3.05) is 24.5 Å². The zero-order valence-electron chi connectivity index (χ0n) is 23.9. The van der Waals surface area contributed by atoms with Crippen LogP contribution in [-0.4, -0.2) is 56.0 Å². The van der Waals surface area contributed by atoms with Gasteiger partial charge in [-0.1, -0.05) is 60.7 Å². The lowest BCUT2D eigenvalue weighted by Gasteiger charge is -2.31. The van der Waals surface area contributed by atoms with Crippen molar-refractivity contribution in [2.45, 2.75) is 30.3 Å². The molecule has 0 bridgehead atoms. The third-order valence-electron chi connectivity index (χ3n) is 6.69. The second-order valence-corrected chi connectivity index (χ2v) is 11.6. The molecular weight excluding hydrogens is 585 g/mol. The highest BCUT2D eigenvalue weighted by Crippen LogP contribution is 2.21. The molecule has 0 spiro atoms. The Bertz CT molecular complexity index is 1600. The SMILES string of the molecule is O=C(NCCCO)[C@H](Cc1ccccc1)N(Cc1ccccc1)C(=O)COc1ccc(S(=O)(=O)Nc2ccc(F)cc2)cc1. The molecule has 3 N–H and O–H groups in total. The first-order valence-corrected chi connectivity index (χ1v) is 15.5. The first-order valence-electron chi connectivity index (χ1n) is 14.0. The van der Waals surface area contributed by atoms with Crippen molar-refractivity contribution in [1.29, 1.82) is 0 Å². The summed E-state index contributed by atoms with van der Waals surface area (Å²) in [4.78, 5) is 28.5. The molecule has 9 nitrogen and oxygen atoms in total. The molecule has 0 aliphatic rings. The number of hydrogen-bond acceptors (Lipinski definition) is 6. The van der Waals surface area contributed by atoms with Gasteiger partial charge in [0, 0.05) is 31.8 Å². The van der Waals surface area contributed by atoms with Crippen molar-refractivity contribution >= 4 is 27.5 Å². The van der Waals surface area contributed by atoms with Gasteiger partial charge in [-0.15, -0.1) is 0 Å². The van der Waals surface area contributed by atoms with Gasteiger partial charge in [0.15, 0.2) is 6.61 Å². The van der Waals surface area contributed by atoms with E-state index in [0.717, 1.165) is 23.3 Å². The quantitative estimate of drug-likeness (QED) is 0.172. The Hall–Kier alpha value is -4.74. The van der Waals surface area contributed by atoms with E-state index in [4.69, 9.17) is 4.74 Å². The summed E-state index contributed by atoms with van der Waals surface area (Å²) in [6, 6.07) is 28.2.